The van der Waals surface area contributed by atoms with E-state index >= 15 is 0 Å². The third kappa shape index (κ3) is 14.7. The van der Waals surface area contributed by atoms with Gasteiger partial charge in [-0.15, -0.1) is 0 Å². The average molecular weight is 681 g/mol. The molecule has 0 aromatic carbocycles. The Kier molecular flexibility index (Phi) is 15.1. The first-order valence-electron chi connectivity index (χ1n) is 13.0. The maximum Gasteiger partial charge on any atom is 0.490 e. The number of carboxylic acids is 3. The number of aliphatic carboxylic acids is 3. The largest absolute Gasteiger partial charge is 0.490 e. The van der Waals surface area contributed by atoms with Gasteiger partial charge in [-0.25, -0.2) is 19.4 Å². The van der Waals surface area contributed by atoms with E-state index in [1.54, 1.807) is 0 Å². The molecule has 258 valence electrons. The highest BCUT2D eigenvalue weighted by Gasteiger charge is 2.47. The molecule has 2 atom stereocenters. The van der Waals surface area contributed by atoms with Gasteiger partial charge in [0.05, 0.1) is 11.8 Å². The van der Waals surface area contributed by atoms with Gasteiger partial charge in [-0.1, -0.05) is 12.1 Å². The summed E-state index contributed by atoms with van der Waals surface area (Å²) in [4.78, 5) is 38.1. The number of carbonyl (C=O) groups is 3. The lowest BCUT2D eigenvalue weighted by atomic mass is 9.74. The second kappa shape index (κ2) is 17.5. The van der Waals surface area contributed by atoms with Gasteiger partial charge in [-0.05, 0) is 43.5 Å². The van der Waals surface area contributed by atoms with Gasteiger partial charge in [0.1, 0.15) is 5.82 Å². The number of piperidine rings is 1. The van der Waals surface area contributed by atoms with Crippen LogP contribution < -0.4 is 5.32 Å². The molecule has 2 aromatic rings. The molecule has 0 amide bonds. The van der Waals surface area contributed by atoms with Crippen LogP contribution in [0.1, 0.15) is 25.0 Å². The molecule has 11 nitrogen and oxygen atoms in total. The van der Waals surface area contributed by atoms with Crippen LogP contribution in [0, 0.1) is 5.41 Å². The summed E-state index contributed by atoms with van der Waals surface area (Å²) < 4.78 is 101. The van der Waals surface area contributed by atoms with Crippen molar-refractivity contribution in [3.8, 4) is 0 Å². The number of aromatic nitrogens is 2. The Balaban J connectivity index is 0.000000413. The first-order chi connectivity index (χ1) is 21.2. The Morgan fingerprint density at radius 1 is 0.848 bits per heavy atom. The summed E-state index contributed by atoms with van der Waals surface area (Å²) in [6, 6.07) is 12.2. The molecule has 4 N–H and O–H groups in total. The predicted octanol–water partition coefficient (Wildman–Crippen LogP) is 4.86. The van der Waals surface area contributed by atoms with E-state index in [0.717, 1.165) is 63.6 Å². The van der Waals surface area contributed by atoms with Gasteiger partial charge in [0.15, 0.2) is 0 Å². The fraction of sp³-hybridized carbons (Fsp3) is 0.500. The molecular formula is C26H29F9N4O7. The molecule has 0 spiro atoms. The van der Waals surface area contributed by atoms with Crippen LogP contribution >= 0.6 is 0 Å². The Bertz CT molecular complexity index is 1180. The van der Waals surface area contributed by atoms with Crippen molar-refractivity contribution in [1.82, 2.24) is 14.9 Å². The van der Waals surface area contributed by atoms with Crippen LogP contribution in [-0.4, -0.2) is 99.0 Å². The van der Waals surface area contributed by atoms with E-state index < -0.39 is 36.4 Å². The lowest BCUT2D eigenvalue weighted by Gasteiger charge is -2.44. The second-order valence-electron chi connectivity index (χ2n) is 9.59. The zero-order valence-corrected chi connectivity index (χ0v) is 23.6. The monoisotopic (exact) mass is 680 g/mol. The topological polar surface area (TPSA) is 162 Å². The quantitative estimate of drug-likeness (QED) is 0.309. The summed E-state index contributed by atoms with van der Waals surface area (Å²) in [5.74, 6) is -7.32. The number of nitrogens with one attached hydrogen (secondary N) is 1. The molecule has 46 heavy (non-hydrogen) atoms. The first kappa shape index (κ1) is 39.8. The van der Waals surface area contributed by atoms with Gasteiger partial charge in [0, 0.05) is 50.6 Å². The van der Waals surface area contributed by atoms with Crippen molar-refractivity contribution in [2.24, 2.45) is 5.41 Å². The van der Waals surface area contributed by atoms with Crippen molar-refractivity contribution in [2.75, 3.05) is 31.6 Å². The van der Waals surface area contributed by atoms with E-state index in [2.05, 4.69) is 32.3 Å². The number of ether oxygens (including phenoxy) is 1. The summed E-state index contributed by atoms with van der Waals surface area (Å²) in [7, 11) is 0. The second-order valence-corrected chi connectivity index (χ2v) is 9.59. The minimum Gasteiger partial charge on any atom is -0.475 e. The number of halogens is 9. The molecule has 20 heteroatoms. The normalized spacial score (nSPS) is 19.5. The Morgan fingerprint density at radius 2 is 1.35 bits per heavy atom. The number of likely N-dealkylation sites (tertiary alicyclic amines) is 1. The molecule has 4 heterocycles. The Morgan fingerprint density at radius 3 is 1.78 bits per heavy atom. The van der Waals surface area contributed by atoms with Gasteiger partial charge in [-0.2, -0.15) is 39.5 Å². The molecule has 0 aliphatic carbocycles. The highest BCUT2D eigenvalue weighted by molar-refractivity contribution is 5.73. The van der Waals surface area contributed by atoms with Crippen LogP contribution in [0.25, 0.3) is 0 Å². The third-order valence-electron chi connectivity index (χ3n) is 6.28. The van der Waals surface area contributed by atoms with Crippen LogP contribution in [0.2, 0.25) is 0 Å². The van der Waals surface area contributed by atoms with Crippen molar-refractivity contribution in [3.05, 3.63) is 54.5 Å². The molecule has 2 fully saturated rings. The van der Waals surface area contributed by atoms with Gasteiger partial charge in [-0.3, -0.25) is 9.88 Å². The molecule has 2 aliphatic rings. The number of alkyl halides is 9. The highest BCUT2D eigenvalue weighted by atomic mass is 19.4. The number of fused-ring (bicyclic) bond motifs is 1. The maximum atomic E-state index is 10.6. The molecule has 2 aliphatic heterocycles. The van der Waals surface area contributed by atoms with E-state index in [1.807, 2.05) is 36.7 Å². The van der Waals surface area contributed by atoms with Crippen molar-refractivity contribution in [1.29, 1.82) is 0 Å². The first-order valence-corrected chi connectivity index (χ1v) is 13.0. The lowest BCUT2D eigenvalue weighted by Crippen LogP contribution is -2.50. The fourth-order valence-electron chi connectivity index (χ4n) is 4.26. The lowest BCUT2D eigenvalue weighted by molar-refractivity contribution is -0.193. The average Bonchev–Trinajstić information content (AvgIpc) is 3.37. The summed E-state index contributed by atoms with van der Waals surface area (Å²) in [6.07, 6.45) is -7.74. The summed E-state index contributed by atoms with van der Waals surface area (Å²) in [5.41, 5.74) is 1.41. The van der Waals surface area contributed by atoms with Gasteiger partial charge >= 0.3 is 36.4 Å². The minimum atomic E-state index is -5.08. The molecule has 0 bridgehead atoms. The smallest absolute Gasteiger partial charge is 0.475 e. The van der Waals surface area contributed by atoms with Gasteiger partial charge in [0.2, 0.25) is 0 Å². The van der Waals surface area contributed by atoms with Crippen LogP contribution in [0.3, 0.4) is 0 Å². The molecule has 4 rings (SSSR count). The van der Waals surface area contributed by atoms with Gasteiger partial charge in [0.25, 0.3) is 0 Å². The fourth-order valence-corrected chi connectivity index (χ4v) is 4.26. The van der Waals surface area contributed by atoms with Gasteiger partial charge < -0.3 is 25.4 Å². The number of hydrogen-bond acceptors (Lipinski definition) is 8. The van der Waals surface area contributed by atoms with E-state index in [0.29, 0.717) is 6.10 Å². The Labute approximate surface area is 255 Å². The van der Waals surface area contributed by atoms with Crippen molar-refractivity contribution in [3.63, 3.8) is 0 Å². The number of rotatable bonds is 6. The number of hydrogen-bond donors (Lipinski definition) is 4. The standard InChI is InChI=1S/C20H26N4O.3C2HF3O2/c1-3-10-21-17(5-1)15-24-13-7-18-20(16-24,9-14-25-18)8-12-23-19-6-2-4-11-22-19;3*3-2(4,5)1(6)7/h1-6,10-11,18H,7-9,12-16H2,(H,22,23);3*(H,6,7)/t18-,20+;;;/m1.../s1. The number of pyridine rings is 2. The minimum absolute atomic E-state index is 0.259. The van der Waals surface area contributed by atoms with Crippen molar-refractivity contribution >= 4 is 23.7 Å². The molecule has 2 saturated heterocycles. The number of anilines is 1. The number of nitrogens with zero attached hydrogens (tertiary/aromatic N) is 3. The van der Waals surface area contributed by atoms with Crippen LogP contribution in [0.15, 0.2) is 48.8 Å². The maximum absolute atomic E-state index is 10.6. The molecule has 0 saturated carbocycles. The van der Waals surface area contributed by atoms with Crippen molar-refractivity contribution in [2.45, 2.75) is 50.4 Å². The summed E-state index contributed by atoms with van der Waals surface area (Å²) in [5, 5.41) is 24.8. The van der Waals surface area contributed by atoms with E-state index in [9.17, 15) is 39.5 Å². The predicted molar refractivity (Wildman–Crippen MR) is 139 cm³/mol. The number of carboxylic acid groups (broad SMARTS) is 3. The molecular weight excluding hydrogens is 651 g/mol. The summed E-state index contributed by atoms with van der Waals surface area (Å²) in [6.45, 7) is 4.96. The van der Waals surface area contributed by atoms with Crippen LogP contribution in [0.4, 0.5) is 45.3 Å². The van der Waals surface area contributed by atoms with Crippen LogP contribution in [-0.2, 0) is 25.7 Å². The molecule has 0 radical (unpaired) electrons. The zero-order valence-electron chi connectivity index (χ0n) is 23.6. The Hall–Kier alpha value is -4.20. The molecule has 2 aromatic heterocycles. The SMILES string of the molecule is O=C(O)C(F)(F)F.O=C(O)C(F)(F)F.O=C(O)C(F)(F)F.c1ccc(CN2CC[C@H]3OCC[C@@]3(CCNc3ccccn3)C2)nc1. The van der Waals surface area contributed by atoms with Crippen molar-refractivity contribution < 1.29 is 74.0 Å². The van der Waals surface area contributed by atoms with E-state index in [-0.39, 0.29) is 5.41 Å². The molecule has 0 unspecified atom stereocenters. The highest BCUT2D eigenvalue weighted by Crippen LogP contribution is 2.43. The van der Waals surface area contributed by atoms with Crippen LogP contribution in [0.5, 0.6) is 0 Å². The zero-order chi connectivity index (χ0) is 35.2. The van der Waals surface area contributed by atoms with E-state index in [1.165, 1.54) is 0 Å². The third-order valence-corrected chi connectivity index (χ3v) is 6.28. The summed E-state index contributed by atoms with van der Waals surface area (Å²) >= 11 is 0. The van der Waals surface area contributed by atoms with E-state index in [4.69, 9.17) is 34.4 Å².